The first-order valence-corrected chi connectivity index (χ1v) is 27.6. The highest BCUT2D eigenvalue weighted by molar-refractivity contribution is 6.90. The largest absolute Gasteiger partial charge is 0.436 e. The molecule has 8 nitrogen and oxygen atoms in total. The van der Waals surface area contributed by atoms with E-state index in [-0.39, 0.29) is 13.2 Å². The topological polar surface area (TPSA) is 89.9 Å². The molecule has 0 amide bonds. The summed E-state index contributed by atoms with van der Waals surface area (Å²) in [5.74, 6) is 0. The summed E-state index contributed by atoms with van der Waals surface area (Å²) >= 11 is 0. The summed E-state index contributed by atoms with van der Waals surface area (Å²) in [5, 5.41) is 20.4. The molecule has 0 saturated heterocycles. The van der Waals surface area contributed by atoms with Crippen molar-refractivity contribution in [3.63, 3.8) is 0 Å². The number of unbranched alkanes of at least 4 members (excludes halogenated alkanes) is 1. The first-order valence-electron chi connectivity index (χ1n) is 12.9. The molecule has 1 unspecified atom stereocenters. The van der Waals surface area contributed by atoms with Crippen molar-refractivity contribution in [2.24, 2.45) is 0 Å². The van der Waals surface area contributed by atoms with E-state index in [0.717, 1.165) is 18.5 Å². The lowest BCUT2D eigenvalue weighted by Crippen LogP contribution is -2.58. The molecule has 1 atom stereocenters. The van der Waals surface area contributed by atoms with Crippen LogP contribution in [0.2, 0.25) is 77.6 Å². The fourth-order valence-electron chi connectivity index (χ4n) is 4.55. The summed E-state index contributed by atoms with van der Waals surface area (Å²) in [4.78, 5) is 5.37. The molecular weight excluding hydrogens is 531 g/mol. The molecule has 0 aliphatic rings. The summed E-state index contributed by atoms with van der Waals surface area (Å²) in [6.45, 7) is 28.1. The highest BCUT2D eigenvalue weighted by atomic mass is 28.5. The van der Waals surface area contributed by atoms with Gasteiger partial charge in [-0.15, -0.1) is 5.06 Å². The van der Waals surface area contributed by atoms with Crippen LogP contribution in [0.3, 0.4) is 0 Å². The lowest BCUT2D eigenvalue weighted by atomic mass is 10.3. The van der Waals surface area contributed by atoms with Gasteiger partial charge in [-0.2, -0.15) is 0 Å². The lowest BCUT2D eigenvalue weighted by molar-refractivity contribution is -0.127. The second kappa shape index (κ2) is 15.1. The van der Waals surface area contributed by atoms with Gasteiger partial charge in [0.1, 0.15) is 6.26 Å². The van der Waals surface area contributed by atoms with E-state index >= 15 is 0 Å². The van der Waals surface area contributed by atoms with Crippen LogP contribution in [-0.4, -0.2) is 83.4 Å². The van der Waals surface area contributed by atoms with Gasteiger partial charge in [-0.1, -0.05) is 26.3 Å². The van der Waals surface area contributed by atoms with Crippen molar-refractivity contribution in [1.82, 2.24) is 5.06 Å². The van der Waals surface area contributed by atoms with E-state index in [9.17, 15) is 5.11 Å². The molecule has 0 aromatic rings. The Morgan fingerprint density at radius 1 is 0.771 bits per heavy atom. The van der Waals surface area contributed by atoms with E-state index in [4.69, 9.17) is 26.4 Å². The molecule has 0 rings (SSSR count). The first-order chi connectivity index (χ1) is 15.8. The van der Waals surface area contributed by atoms with Crippen molar-refractivity contribution in [3.05, 3.63) is 12.8 Å². The zero-order valence-electron chi connectivity index (χ0n) is 24.4. The number of nitrogens with zero attached hydrogens (tertiary/aromatic N) is 1. The molecule has 0 aromatic heterocycles. The van der Waals surface area contributed by atoms with E-state index in [1.807, 2.05) is 0 Å². The summed E-state index contributed by atoms with van der Waals surface area (Å²) in [5.41, 5.74) is 0. The van der Waals surface area contributed by atoms with Crippen molar-refractivity contribution >= 4 is 42.3 Å². The molecule has 2 N–H and O–H groups in total. The standard InChI is InChI=1S/C22H55NO7Si5/c1-13-15-18-31(3,4)27-33(7,8)29-35(11,12)30-34(9,10)28-32(5,6)19-16-17-23(26-14-2)20-22(25)21-24/h14,22,24-25H,2,13,15-21H2,1,3-12H3. The van der Waals surface area contributed by atoms with Crippen LogP contribution in [0, 0.1) is 0 Å². The van der Waals surface area contributed by atoms with E-state index in [2.05, 4.69) is 79.0 Å². The first kappa shape index (κ1) is 35.3. The third-order valence-electron chi connectivity index (χ3n) is 5.19. The second-order valence-electron chi connectivity index (χ2n) is 11.8. The van der Waals surface area contributed by atoms with Gasteiger partial charge in [-0.25, -0.2) is 0 Å². The minimum Gasteiger partial charge on any atom is -0.436 e. The Balaban J connectivity index is 4.95. The fraction of sp³-hybridized carbons (Fsp3) is 0.909. The molecule has 0 heterocycles. The maximum absolute atomic E-state index is 9.71. The van der Waals surface area contributed by atoms with Gasteiger partial charge in [-0.05, 0) is 84.0 Å². The number of aliphatic hydroxyl groups is 2. The molecule has 35 heavy (non-hydrogen) atoms. The third kappa shape index (κ3) is 17.5. The van der Waals surface area contributed by atoms with Crippen LogP contribution < -0.4 is 0 Å². The Bertz CT molecular complexity index is 621. The van der Waals surface area contributed by atoms with Crippen molar-refractivity contribution in [1.29, 1.82) is 0 Å². The van der Waals surface area contributed by atoms with E-state index in [1.54, 1.807) is 5.06 Å². The number of rotatable bonds is 20. The Morgan fingerprint density at radius 3 is 1.60 bits per heavy atom. The molecular formula is C22H55NO7Si5. The van der Waals surface area contributed by atoms with Crippen molar-refractivity contribution in [3.8, 4) is 0 Å². The van der Waals surface area contributed by atoms with E-state index in [1.165, 1.54) is 19.1 Å². The molecule has 0 fully saturated rings. The van der Waals surface area contributed by atoms with Crippen LogP contribution in [-0.2, 0) is 21.3 Å². The Kier molecular flexibility index (Phi) is 15.2. The van der Waals surface area contributed by atoms with Gasteiger partial charge in [0.2, 0.25) is 0 Å². The minimum absolute atomic E-state index is 0.228. The third-order valence-corrected chi connectivity index (χ3v) is 24.5. The summed E-state index contributed by atoms with van der Waals surface area (Å²) < 4.78 is 26.6. The Morgan fingerprint density at radius 2 is 1.20 bits per heavy atom. The normalized spacial score (nSPS) is 14.9. The van der Waals surface area contributed by atoms with Gasteiger partial charge in [-0.3, -0.25) is 0 Å². The van der Waals surface area contributed by atoms with Gasteiger partial charge >= 0.3 is 25.7 Å². The predicted octanol–water partition coefficient (Wildman–Crippen LogP) is 5.49. The van der Waals surface area contributed by atoms with Gasteiger partial charge in [0.25, 0.3) is 0 Å². The Labute approximate surface area is 220 Å². The molecule has 0 aliphatic carbocycles. The zero-order chi connectivity index (χ0) is 27.6. The van der Waals surface area contributed by atoms with Gasteiger partial charge in [0.05, 0.1) is 19.3 Å². The SMILES string of the molecule is C=CON(CCC[Si](C)(C)O[Si](C)(C)O[Si](C)(C)O[Si](C)(C)O[Si](C)(C)CCCC)CC(O)CO. The second-order valence-corrected chi connectivity index (χ2v) is 31.5. The van der Waals surface area contributed by atoms with Gasteiger partial charge in [0.15, 0.2) is 16.6 Å². The van der Waals surface area contributed by atoms with Gasteiger partial charge in [0, 0.05) is 6.54 Å². The van der Waals surface area contributed by atoms with Crippen LogP contribution in [0.1, 0.15) is 26.2 Å². The zero-order valence-corrected chi connectivity index (χ0v) is 29.4. The van der Waals surface area contributed by atoms with E-state index < -0.39 is 48.4 Å². The molecule has 0 aliphatic heterocycles. The maximum atomic E-state index is 9.71. The molecule has 0 saturated carbocycles. The number of hydrogen-bond acceptors (Lipinski definition) is 8. The van der Waals surface area contributed by atoms with Gasteiger partial charge < -0.3 is 31.5 Å². The summed E-state index contributed by atoms with van der Waals surface area (Å²) in [6, 6.07) is 2.08. The smallest absolute Gasteiger partial charge is 0.314 e. The van der Waals surface area contributed by atoms with Crippen molar-refractivity contribution in [2.75, 3.05) is 19.7 Å². The van der Waals surface area contributed by atoms with E-state index in [0.29, 0.717) is 6.54 Å². The number of hydroxylamine groups is 2. The van der Waals surface area contributed by atoms with Crippen LogP contribution in [0.25, 0.3) is 0 Å². The highest BCUT2D eigenvalue weighted by Crippen LogP contribution is 2.28. The lowest BCUT2D eigenvalue weighted by Gasteiger charge is -2.42. The average molecular weight is 586 g/mol. The maximum Gasteiger partial charge on any atom is 0.314 e. The van der Waals surface area contributed by atoms with Crippen LogP contribution in [0.4, 0.5) is 0 Å². The molecule has 0 aromatic carbocycles. The van der Waals surface area contributed by atoms with Crippen LogP contribution in [0.5, 0.6) is 0 Å². The molecule has 0 spiro atoms. The van der Waals surface area contributed by atoms with Crippen molar-refractivity contribution in [2.45, 2.75) is 110 Å². The Hall–Kier alpha value is 0.344. The quantitative estimate of drug-likeness (QED) is 0.110. The average Bonchev–Trinajstić information content (AvgIpc) is 2.62. The fourth-order valence-corrected chi connectivity index (χ4v) is 29.3. The number of aliphatic hydroxyl groups excluding tert-OH is 2. The number of hydrogen-bond donors (Lipinski definition) is 2. The van der Waals surface area contributed by atoms with Crippen LogP contribution >= 0.6 is 0 Å². The highest BCUT2D eigenvalue weighted by Gasteiger charge is 2.45. The summed E-state index contributed by atoms with van der Waals surface area (Å²) in [6.07, 6.45) is 3.72. The predicted molar refractivity (Wildman–Crippen MR) is 157 cm³/mol. The molecule has 210 valence electrons. The molecule has 13 heteroatoms. The molecule has 0 bridgehead atoms. The summed E-state index contributed by atoms with van der Waals surface area (Å²) in [7, 11) is -11.0. The monoisotopic (exact) mass is 585 g/mol. The van der Waals surface area contributed by atoms with Crippen molar-refractivity contribution < 1.29 is 31.5 Å². The minimum atomic E-state index is -2.46. The molecule has 0 radical (unpaired) electrons. The van der Waals surface area contributed by atoms with Crippen LogP contribution in [0.15, 0.2) is 12.8 Å².